The maximum absolute atomic E-state index is 12.9. The number of fused-ring (bicyclic) bond motifs is 3. The summed E-state index contributed by atoms with van der Waals surface area (Å²) in [5, 5.41) is 0.690. The number of thiophene rings is 1. The van der Waals surface area contributed by atoms with E-state index in [0.717, 1.165) is 35.2 Å². The molecular weight excluding hydrogens is 348 g/mol. The summed E-state index contributed by atoms with van der Waals surface area (Å²) in [4.78, 5) is 31.5. The van der Waals surface area contributed by atoms with Crippen LogP contribution in [0.25, 0.3) is 10.2 Å². The second kappa shape index (κ2) is 7.03. The number of nitrogens with zero attached hydrogens (tertiary/aromatic N) is 2. The first-order valence-corrected chi connectivity index (χ1v) is 9.62. The van der Waals surface area contributed by atoms with Crippen molar-refractivity contribution in [1.82, 2.24) is 9.55 Å². The summed E-state index contributed by atoms with van der Waals surface area (Å²) < 4.78 is 6.65. The van der Waals surface area contributed by atoms with Crippen molar-refractivity contribution in [1.29, 1.82) is 0 Å². The van der Waals surface area contributed by atoms with E-state index in [1.54, 1.807) is 11.3 Å². The summed E-state index contributed by atoms with van der Waals surface area (Å²) in [7, 11) is 0. The third-order valence-corrected chi connectivity index (χ3v) is 5.99. The Morgan fingerprint density at radius 2 is 2.15 bits per heavy atom. The van der Waals surface area contributed by atoms with E-state index in [4.69, 9.17) is 4.74 Å². The zero-order valence-electron chi connectivity index (χ0n) is 14.6. The molecule has 0 fully saturated rings. The molecule has 134 valence electrons. The summed E-state index contributed by atoms with van der Waals surface area (Å²) in [5.74, 6) is 0.209. The molecule has 0 saturated carbocycles. The van der Waals surface area contributed by atoms with Crippen molar-refractivity contribution in [3.8, 4) is 0 Å². The molecule has 1 aliphatic carbocycles. The van der Waals surface area contributed by atoms with Crippen LogP contribution >= 0.6 is 11.3 Å². The van der Waals surface area contributed by atoms with Crippen LogP contribution in [0.5, 0.6) is 0 Å². The molecule has 0 unspecified atom stereocenters. The fourth-order valence-corrected chi connectivity index (χ4v) is 4.74. The molecule has 26 heavy (non-hydrogen) atoms. The number of rotatable bonds is 4. The third-order valence-electron chi connectivity index (χ3n) is 4.82. The molecule has 2 aromatic heterocycles. The van der Waals surface area contributed by atoms with E-state index in [-0.39, 0.29) is 18.7 Å². The Hall–Kier alpha value is -2.47. The number of benzene rings is 1. The number of hydrogen-bond donors (Lipinski definition) is 0. The summed E-state index contributed by atoms with van der Waals surface area (Å²) in [5.41, 5.74) is 1.91. The molecule has 1 aliphatic rings. The van der Waals surface area contributed by atoms with Crippen LogP contribution < -0.4 is 5.56 Å². The molecule has 5 nitrogen and oxygen atoms in total. The number of carbonyl (C=O) groups excluding carboxylic acids is 1. The molecule has 0 N–H and O–H groups in total. The van der Waals surface area contributed by atoms with Gasteiger partial charge in [-0.25, -0.2) is 4.98 Å². The van der Waals surface area contributed by atoms with Gasteiger partial charge < -0.3 is 4.74 Å². The fourth-order valence-electron chi connectivity index (χ4n) is 3.40. The monoisotopic (exact) mass is 368 g/mol. The quantitative estimate of drug-likeness (QED) is 0.663. The van der Waals surface area contributed by atoms with Gasteiger partial charge in [0.2, 0.25) is 0 Å². The highest BCUT2D eigenvalue weighted by Gasteiger charge is 2.23. The van der Waals surface area contributed by atoms with Crippen LogP contribution in [0.15, 0.2) is 41.5 Å². The molecule has 0 saturated heterocycles. The average Bonchev–Trinajstić information content (AvgIpc) is 3.01. The summed E-state index contributed by atoms with van der Waals surface area (Å²) in [6, 6.07) is 9.49. The van der Waals surface area contributed by atoms with Gasteiger partial charge >= 0.3 is 5.97 Å². The van der Waals surface area contributed by atoms with Crippen molar-refractivity contribution in [2.45, 2.75) is 39.3 Å². The van der Waals surface area contributed by atoms with E-state index < -0.39 is 5.97 Å². The van der Waals surface area contributed by atoms with E-state index in [9.17, 15) is 9.59 Å². The molecular formula is C20H20N2O3S. The molecule has 0 amide bonds. The lowest BCUT2D eigenvalue weighted by Gasteiger charge is -2.17. The molecule has 3 aromatic rings. The SMILES string of the molecule is C[C@@H]1CCc2c(sc3ncn(CC(=O)OCc4ccccc4)c(=O)c23)C1. The summed E-state index contributed by atoms with van der Waals surface area (Å²) in [6.07, 6.45) is 4.47. The first-order chi connectivity index (χ1) is 12.6. The Bertz CT molecular complexity index is 1010. The van der Waals surface area contributed by atoms with Gasteiger partial charge in [0, 0.05) is 4.88 Å². The van der Waals surface area contributed by atoms with Crippen molar-refractivity contribution >= 4 is 27.5 Å². The van der Waals surface area contributed by atoms with Crippen molar-refractivity contribution in [3.05, 3.63) is 63.0 Å². The van der Waals surface area contributed by atoms with Gasteiger partial charge in [0.25, 0.3) is 5.56 Å². The van der Waals surface area contributed by atoms with Crippen LogP contribution in [0.4, 0.5) is 0 Å². The Labute approximate surface area is 155 Å². The van der Waals surface area contributed by atoms with Gasteiger partial charge in [-0.1, -0.05) is 37.3 Å². The molecule has 4 rings (SSSR count). The molecule has 0 radical (unpaired) electrons. The van der Waals surface area contributed by atoms with Gasteiger partial charge in [-0.2, -0.15) is 0 Å². The highest BCUT2D eigenvalue weighted by molar-refractivity contribution is 7.18. The van der Waals surface area contributed by atoms with Gasteiger partial charge in [-0.15, -0.1) is 11.3 Å². The largest absolute Gasteiger partial charge is 0.459 e. The lowest BCUT2D eigenvalue weighted by molar-refractivity contribution is -0.145. The second-order valence-electron chi connectivity index (χ2n) is 6.86. The number of esters is 1. The number of aromatic nitrogens is 2. The van der Waals surface area contributed by atoms with Crippen LogP contribution in [-0.4, -0.2) is 15.5 Å². The van der Waals surface area contributed by atoms with Gasteiger partial charge in [-0.05, 0) is 36.3 Å². The Balaban J connectivity index is 1.54. The van der Waals surface area contributed by atoms with Gasteiger partial charge in [-0.3, -0.25) is 14.2 Å². The van der Waals surface area contributed by atoms with Gasteiger partial charge in [0.1, 0.15) is 18.0 Å². The maximum Gasteiger partial charge on any atom is 0.326 e. The highest BCUT2D eigenvalue weighted by atomic mass is 32.1. The summed E-state index contributed by atoms with van der Waals surface area (Å²) in [6.45, 7) is 2.33. The minimum Gasteiger partial charge on any atom is -0.459 e. The van der Waals surface area contributed by atoms with Crippen molar-refractivity contribution in [2.24, 2.45) is 5.92 Å². The summed E-state index contributed by atoms with van der Waals surface area (Å²) >= 11 is 1.61. The number of carbonyl (C=O) groups is 1. The van der Waals surface area contributed by atoms with E-state index in [1.165, 1.54) is 15.8 Å². The van der Waals surface area contributed by atoms with E-state index in [2.05, 4.69) is 11.9 Å². The van der Waals surface area contributed by atoms with Crippen LogP contribution in [0.1, 0.15) is 29.3 Å². The lowest BCUT2D eigenvalue weighted by Crippen LogP contribution is -2.26. The normalized spacial score (nSPS) is 16.4. The van der Waals surface area contributed by atoms with Crippen LogP contribution in [-0.2, 0) is 35.5 Å². The molecule has 0 aliphatic heterocycles. The smallest absolute Gasteiger partial charge is 0.326 e. The molecule has 6 heteroatoms. The standard InChI is InChI=1S/C20H20N2O3S/c1-13-7-8-15-16(9-13)26-19-18(15)20(24)22(12-21-19)10-17(23)25-11-14-5-3-2-4-6-14/h2-6,12-13H,7-11H2,1H3/t13-/m1/s1. The number of hydrogen-bond acceptors (Lipinski definition) is 5. The molecule has 0 bridgehead atoms. The van der Waals surface area contributed by atoms with Crippen LogP contribution in [0, 0.1) is 5.92 Å². The minimum atomic E-state index is -0.435. The Morgan fingerprint density at radius 3 is 2.96 bits per heavy atom. The zero-order valence-corrected chi connectivity index (χ0v) is 15.4. The van der Waals surface area contributed by atoms with Gasteiger partial charge in [0.15, 0.2) is 0 Å². The molecule has 1 atom stereocenters. The Morgan fingerprint density at radius 1 is 1.35 bits per heavy atom. The van der Waals surface area contributed by atoms with Crippen molar-refractivity contribution in [2.75, 3.05) is 0 Å². The lowest BCUT2D eigenvalue weighted by atomic mass is 9.89. The Kier molecular flexibility index (Phi) is 4.59. The van der Waals surface area contributed by atoms with E-state index >= 15 is 0 Å². The first-order valence-electron chi connectivity index (χ1n) is 8.81. The maximum atomic E-state index is 12.9. The zero-order chi connectivity index (χ0) is 18.1. The average molecular weight is 368 g/mol. The van der Waals surface area contributed by atoms with E-state index in [1.807, 2.05) is 30.3 Å². The number of ether oxygens (including phenoxy) is 1. The molecule has 0 spiro atoms. The fraction of sp³-hybridized carbons (Fsp3) is 0.350. The van der Waals surface area contributed by atoms with Crippen molar-refractivity contribution in [3.63, 3.8) is 0 Å². The molecule has 1 aromatic carbocycles. The topological polar surface area (TPSA) is 61.2 Å². The van der Waals surface area contributed by atoms with Crippen LogP contribution in [0.3, 0.4) is 0 Å². The molecule has 2 heterocycles. The number of aryl methyl sites for hydroxylation is 1. The first kappa shape index (κ1) is 17.0. The van der Waals surface area contributed by atoms with Gasteiger partial charge in [0.05, 0.1) is 11.7 Å². The highest BCUT2D eigenvalue weighted by Crippen LogP contribution is 2.35. The predicted molar refractivity (Wildman–Crippen MR) is 101 cm³/mol. The third kappa shape index (κ3) is 3.29. The predicted octanol–water partition coefficient (Wildman–Crippen LogP) is 3.33. The van der Waals surface area contributed by atoms with E-state index in [0.29, 0.717) is 11.3 Å². The minimum absolute atomic E-state index is 0.115. The van der Waals surface area contributed by atoms with Crippen LogP contribution in [0.2, 0.25) is 0 Å². The van der Waals surface area contributed by atoms with Crippen molar-refractivity contribution < 1.29 is 9.53 Å². The second-order valence-corrected chi connectivity index (χ2v) is 7.94.